The molecule has 2 aromatic carbocycles. The Bertz CT molecular complexity index is 1160. The van der Waals surface area contributed by atoms with E-state index in [-0.39, 0.29) is 27.9 Å². The Balaban J connectivity index is 1.99. The number of nitrogens with zero attached hydrogens (tertiary/aromatic N) is 2. The maximum absolute atomic E-state index is 13.4. The second-order valence-electron chi connectivity index (χ2n) is 7.39. The predicted octanol–water partition coefficient (Wildman–Crippen LogP) is 5.66. The Morgan fingerprint density at radius 3 is 2.48 bits per heavy atom. The fourth-order valence-electron chi connectivity index (χ4n) is 4.20. The smallest absolute Gasteiger partial charge is 0.384 e. The molecule has 0 saturated heterocycles. The number of alkyl halides is 3. The van der Waals surface area contributed by atoms with Crippen molar-refractivity contribution in [2.24, 2.45) is 5.73 Å². The number of carbonyl (C=O) groups is 1. The molecule has 1 atom stereocenters. The van der Waals surface area contributed by atoms with Crippen molar-refractivity contribution in [1.29, 1.82) is 5.26 Å². The monoisotopic (exact) mass is 443 g/mol. The first-order chi connectivity index (χ1) is 14.7. The Labute approximate surface area is 182 Å². The zero-order valence-corrected chi connectivity index (χ0v) is 17.0. The number of halogens is 4. The van der Waals surface area contributed by atoms with Crippen LogP contribution >= 0.6 is 11.6 Å². The van der Waals surface area contributed by atoms with E-state index in [1.807, 2.05) is 6.07 Å². The van der Waals surface area contributed by atoms with Crippen LogP contribution in [0.25, 0.3) is 0 Å². The van der Waals surface area contributed by atoms with Crippen LogP contribution < -0.4 is 10.6 Å². The van der Waals surface area contributed by atoms with E-state index < -0.39 is 17.7 Å². The summed E-state index contributed by atoms with van der Waals surface area (Å²) < 4.78 is 40.1. The summed E-state index contributed by atoms with van der Waals surface area (Å²) in [5.74, 6) is -0.843. The molecule has 1 heterocycles. The quantitative estimate of drug-likeness (QED) is 0.649. The minimum absolute atomic E-state index is 0.00421. The first-order valence-electron chi connectivity index (χ1n) is 9.62. The highest BCUT2D eigenvalue weighted by Gasteiger charge is 2.41. The summed E-state index contributed by atoms with van der Waals surface area (Å²) in [6.45, 7) is 0. The first-order valence-corrected chi connectivity index (χ1v) is 9.99. The molecule has 8 heteroatoms. The van der Waals surface area contributed by atoms with Crippen molar-refractivity contribution < 1.29 is 18.0 Å². The van der Waals surface area contributed by atoms with Gasteiger partial charge in [0.25, 0.3) is 0 Å². The fourth-order valence-corrected chi connectivity index (χ4v) is 4.40. The summed E-state index contributed by atoms with van der Waals surface area (Å²) in [5.41, 5.74) is 7.17. The van der Waals surface area contributed by atoms with Crippen LogP contribution in [0.1, 0.15) is 36.3 Å². The van der Waals surface area contributed by atoms with Gasteiger partial charge in [0.15, 0.2) is 5.78 Å². The highest BCUT2D eigenvalue weighted by atomic mass is 35.5. The third-order valence-electron chi connectivity index (χ3n) is 5.56. The molecular weight excluding hydrogens is 427 g/mol. The second-order valence-corrected chi connectivity index (χ2v) is 7.80. The third kappa shape index (κ3) is 3.57. The zero-order chi connectivity index (χ0) is 22.3. The lowest BCUT2D eigenvalue weighted by Gasteiger charge is -2.40. The van der Waals surface area contributed by atoms with Crippen molar-refractivity contribution in [3.05, 3.63) is 87.3 Å². The molecule has 31 heavy (non-hydrogen) atoms. The van der Waals surface area contributed by atoms with Crippen molar-refractivity contribution in [2.45, 2.75) is 31.4 Å². The average molecular weight is 444 g/mol. The van der Waals surface area contributed by atoms with Gasteiger partial charge in [-0.15, -0.1) is 0 Å². The molecule has 1 aliphatic heterocycles. The topological polar surface area (TPSA) is 70.1 Å². The molecule has 2 N–H and O–H groups in total. The number of rotatable bonds is 2. The molecule has 4 rings (SSSR count). The number of hydrogen-bond donors (Lipinski definition) is 1. The molecule has 158 valence electrons. The van der Waals surface area contributed by atoms with E-state index in [1.165, 1.54) is 4.90 Å². The maximum atomic E-state index is 13.4. The number of ketones is 1. The molecule has 0 amide bonds. The molecule has 2 aliphatic rings. The maximum Gasteiger partial charge on any atom is 0.416 e. The number of Topliss-reactive ketones (excluding diaryl/α,β-unsaturated/α-hetero) is 1. The minimum atomic E-state index is -4.59. The van der Waals surface area contributed by atoms with Crippen molar-refractivity contribution in [1.82, 2.24) is 0 Å². The molecule has 0 bridgehead atoms. The average Bonchev–Trinajstić information content (AvgIpc) is 2.74. The van der Waals surface area contributed by atoms with Gasteiger partial charge in [0.1, 0.15) is 5.82 Å². The summed E-state index contributed by atoms with van der Waals surface area (Å²) in [7, 11) is 0. The Morgan fingerprint density at radius 1 is 1.13 bits per heavy atom. The molecule has 0 fully saturated rings. The van der Waals surface area contributed by atoms with Gasteiger partial charge < -0.3 is 5.73 Å². The Hall–Kier alpha value is -3.24. The van der Waals surface area contributed by atoms with Crippen LogP contribution in [0.3, 0.4) is 0 Å². The largest absolute Gasteiger partial charge is 0.416 e. The zero-order valence-electron chi connectivity index (χ0n) is 16.2. The molecule has 0 unspecified atom stereocenters. The molecule has 0 spiro atoms. The SMILES string of the molecule is N#CC1=C(N)N(c2cc(C(F)(F)F)ccc2Cl)C2=C(C(=O)CCC2)[C@@H]1c1ccccc1. The Morgan fingerprint density at radius 2 is 1.84 bits per heavy atom. The molecule has 0 aromatic heterocycles. The second kappa shape index (κ2) is 7.78. The third-order valence-corrected chi connectivity index (χ3v) is 5.88. The van der Waals surface area contributed by atoms with Gasteiger partial charge in [-0.05, 0) is 36.6 Å². The molecule has 2 aromatic rings. The summed E-state index contributed by atoms with van der Waals surface area (Å²) in [6.07, 6.45) is -3.33. The van der Waals surface area contributed by atoms with Crippen LogP contribution in [-0.4, -0.2) is 5.78 Å². The van der Waals surface area contributed by atoms with Crippen LogP contribution in [0.15, 0.2) is 71.2 Å². The van der Waals surface area contributed by atoms with E-state index in [4.69, 9.17) is 17.3 Å². The lowest BCUT2D eigenvalue weighted by molar-refractivity contribution is -0.137. The van der Waals surface area contributed by atoms with Gasteiger partial charge in [0, 0.05) is 17.7 Å². The van der Waals surface area contributed by atoms with E-state index in [0.717, 1.165) is 23.8 Å². The molecule has 0 radical (unpaired) electrons. The fraction of sp³-hybridized carbons (Fsp3) is 0.217. The number of allylic oxidation sites excluding steroid dienone is 3. The predicted molar refractivity (Wildman–Crippen MR) is 111 cm³/mol. The first kappa shape index (κ1) is 21.0. The number of hydrogen-bond acceptors (Lipinski definition) is 4. The van der Waals surface area contributed by atoms with Crippen LogP contribution in [0, 0.1) is 11.3 Å². The summed E-state index contributed by atoms with van der Waals surface area (Å²) in [6, 6.07) is 14.0. The normalized spacial score (nSPS) is 19.4. The van der Waals surface area contributed by atoms with Gasteiger partial charge in [0.05, 0.1) is 33.8 Å². The van der Waals surface area contributed by atoms with Crippen molar-refractivity contribution in [3.63, 3.8) is 0 Å². The van der Waals surface area contributed by atoms with Crippen LogP contribution in [0.2, 0.25) is 5.02 Å². The van der Waals surface area contributed by atoms with E-state index in [0.29, 0.717) is 30.5 Å². The van der Waals surface area contributed by atoms with Crippen LogP contribution in [-0.2, 0) is 11.0 Å². The summed E-state index contributed by atoms with van der Waals surface area (Å²) in [5, 5.41) is 9.96. The number of benzene rings is 2. The van der Waals surface area contributed by atoms with Gasteiger partial charge in [0.2, 0.25) is 0 Å². The molecule has 1 aliphatic carbocycles. The van der Waals surface area contributed by atoms with Crippen molar-refractivity contribution in [2.75, 3.05) is 4.90 Å². The highest BCUT2D eigenvalue weighted by Crippen LogP contribution is 2.48. The number of anilines is 1. The number of nitriles is 1. The van der Waals surface area contributed by atoms with E-state index in [1.54, 1.807) is 24.3 Å². The van der Waals surface area contributed by atoms with Gasteiger partial charge in [-0.25, -0.2) is 0 Å². The summed E-state index contributed by atoms with van der Waals surface area (Å²) >= 11 is 6.28. The van der Waals surface area contributed by atoms with Crippen LogP contribution in [0.5, 0.6) is 0 Å². The van der Waals surface area contributed by atoms with Gasteiger partial charge >= 0.3 is 6.18 Å². The molecule has 0 saturated carbocycles. The highest BCUT2D eigenvalue weighted by molar-refractivity contribution is 6.33. The minimum Gasteiger partial charge on any atom is -0.384 e. The van der Waals surface area contributed by atoms with E-state index in [9.17, 15) is 23.2 Å². The lowest BCUT2D eigenvalue weighted by Crippen LogP contribution is -2.39. The van der Waals surface area contributed by atoms with Crippen LogP contribution in [0.4, 0.5) is 18.9 Å². The van der Waals surface area contributed by atoms with Crippen molar-refractivity contribution >= 4 is 23.1 Å². The molecular formula is C23H17ClF3N3O. The van der Waals surface area contributed by atoms with Gasteiger partial charge in [-0.1, -0.05) is 41.9 Å². The van der Waals surface area contributed by atoms with Gasteiger partial charge in [-0.2, -0.15) is 18.4 Å². The van der Waals surface area contributed by atoms with E-state index >= 15 is 0 Å². The molecule has 4 nitrogen and oxygen atoms in total. The number of nitrogens with two attached hydrogens (primary N) is 1. The van der Waals surface area contributed by atoms with Gasteiger partial charge in [-0.3, -0.25) is 9.69 Å². The Kier molecular flexibility index (Phi) is 5.28. The van der Waals surface area contributed by atoms with Crippen molar-refractivity contribution in [3.8, 4) is 6.07 Å². The summed E-state index contributed by atoms with van der Waals surface area (Å²) in [4.78, 5) is 14.3. The van der Waals surface area contributed by atoms with E-state index in [2.05, 4.69) is 6.07 Å². The number of carbonyl (C=O) groups excluding carboxylic acids is 1. The lowest BCUT2D eigenvalue weighted by atomic mass is 9.75. The standard InChI is InChI=1S/C23H17ClF3N3O/c24-16-10-9-14(23(25,26)27)11-18(16)30-17-7-4-8-19(31)21(17)20(15(12-28)22(30)29)13-5-2-1-3-6-13/h1-3,5-6,9-11,20H,4,7-8,29H2/t20-/m1/s1.